The number of para-hydroxylation sites is 1. The number of nitrogens with zero attached hydrogens (tertiary/aromatic N) is 2. The summed E-state index contributed by atoms with van der Waals surface area (Å²) in [7, 11) is 0. The van der Waals surface area contributed by atoms with Crippen molar-refractivity contribution >= 4 is 55.2 Å². The summed E-state index contributed by atoms with van der Waals surface area (Å²) >= 11 is 0. The number of fused-ring (bicyclic) bond motifs is 5. The second-order valence-corrected chi connectivity index (χ2v) is 17.3. The average Bonchev–Trinajstić information content (AvgIpc) is 3.57. The smallest absolute Gasteiger partial charge is 0.123 e. The summed E-state index contributed by atoms with van der Waals surface area (Å²) in [6.45, 7) is 9.51. The van der Waals surface area contributed by atoms with Crippen LogP contribution in [0.15, 0.2) is 164 Å². The molecule has 2 nitrogen and oxygen atoms in total. The van der Waals surface area contributed by atoms with Crippen LogP contribution in [0.1, 0.15) is 70.1 Å². The minimum Gasteiger partial charge on any atom is -0.308 e. The van der Waals surface area contributed by atoms with E-state index in [0.29, 0.717) is 0 Å². The fourth-order valence-electron chi connectivity index (χ4n) is 9.57. The molecular formula is C54H47FN2. The van der Waals surface area contributed by atoms with Crippen molar-refractivity contribution in [2.45, 2.75) is 64.2 Å². The zero-order valence-corrected chi connectivity index (χ0v) is 33.2. The summed E-state index contributed by atoms with van der Waals surface area (Å²) < 4.78 is 17.6. The van der Waals surface area contributed by atoms with Gasteiger partial charge in [0.2, 0.25) is 0 Å². The van der Waals surface area contributed by atoms with Gasteiger partial charge in [0.25, 0.3) is 0 Å². The highest BCUT2D eigenvalue weighted by atomic mass is 19.1. The Bertz CT molecular complexity index is 2910. The van der Waals surface area contributed by atoms with Crippen LogP contribution in [-0.2, 0) is 10.8 Å². The van der Waals surface area contributed by atoms with E-state index in [1.807, 2.05) is 6.07 Å². The molecule has 0 aliphatic heterocycles. The van der Waals surface area contributed by atoms with Crippen molar-refractivity contribution in [1.82, 2.24) is 4.57 Å². The third-order valence-corrected chi connectivity index (χ3v) is 12.8. The van der Waals surface area contributed by atoms with Crippen molar-refractivity contribution in [1.29, 1.82) is 0 Å². The molecule has 8 aromatic rings. The van der Waals surface area contributed by atoms with Crippen LogP contribution in [0.4, 0.5) is 21.5 Å². The maximum Gasteiger partial charge on any atom is 0.123 e. The van der Waals surface area contributed by atoms with Crippen molar-refractivity contribution in [3.63, 3.8) is 0 Å². The minimum absolute atomic E-state index is 0.0357. The van der Waals surface area contributed by atoms with Crippen molar-refractivity contribution in [2.75, 3.05) is 4.90 Å². The molecule has 0 saturated carbocycles. The third-order valence-electron chi connectivity index (χ3n) is 12.8. The van der Waals surface area contributed by atoms with E-state index in [2.05, 4.69) is 183 Å². The first-order valence-corrected chi connectivity index (χ1v) is 20.4. The molecule has 7 aromatic carbocycles. The van der Waals surface area contributed by atoms with Crippen LogP contribution in [0.25, 0.3) is 55.0 Å². The number of benzene rings is 7. The number of anilines is 3. The van der Waals surface area contributed by atoms with Crippen LogP contribution in [0.2, 0.25) is 0 Å². The molecule has 1 heterocycles. The van der Waals surface area contributed by atoms with Crippen molar-refractivity contribution in [3.8, 4) is 16.8 Å². The van der Waals surface area contributed by atoms with Crippen LogP contribution in [0.3, 0.4) is 0 Å². The average molecular weight is 743 g/mol. The van der Waals surface area contributed by atoms with Gasteiger partial charge in [0.15, 0.2) is 0 Å². The highest BCUT2D eigenvalue weighted by Gasteiger charge is 2.37. The Labute approximate surface area is 335 Å². The van der Waals surface area contributed by atoms with Crippen LogP contribution >= 0.6 is 0 Å². The topological polar surface area (TPSA) is 8.17 Å². The molecule has 0 bridgehead atoms. The standard InChI is InChI=1S/C54H47FN2/c1-53(2)31-32-54(3,4)49-35-43(28-29-48(49)53)57-50-30-25-40(55)34-47(50)46-21-12-22-51(52(46)57)56(41-26-23-37(24-27-41)36-13-6-5-7-14-36)42-18-10-17-39(33-42)45-20-11-16-38-15-8-9-19-44(38)45/h5-6,8-13,15-30,33-35H,7,14,31-32H2,1-4H3. The highest BCUT2D eigenvalue weighted by molar-refractivity contribution is 6.14. The largest absolute Gasteiger partial charge is 0.308 e. The normalized spacial score (nSPS) is 15.8. The predicted octanol–water partition coefficient (Wildman–Crippen LogP) is 15.3. The fraction of sp³-hybridized carbons (Fsp3) is 0.185. The summed E-state index contributed by atoms with van der Waals surface area (Å²) in [4.78, 5) is 2.40. The number of aromatic nitrogens is 1. The van der Waals surface area contributed by atoms with Gasteiger partial charge in [0.1, 0.15) is 5.82 Å². The van der Waals surface area contributed by atoms with Crippen molar-refractivity contribution in [2.24, 2.45) is 0 Å². The van der Waals surface area contributed by atoms with Crippen LogP contribution in [-0.4, -0.2) is 4.57 Å². The van der Waals surface area contributed by atoms with E-state index in [0.717, 1.165) is 75.8 Å². The Morgan fingerprint density at radius 3 is 2.18 bits per heavy atom. The lowest BCUT2D eigenvalue weighted by Crippen LogP contribution is -2.33. The van der Waals surface area contributed by atoms with Gasteiger partial charge in [-0.2, -0.15) is 0 Å². The van der Waals surface area contributed by atoms with Crippen LogP contribution < -0.4 is 4.90 Å². The second-order valence-electron chi connectivity index (χ2n) is 17.3. The molecule has 10 rings (SSSR count). The van der Waals surface area contributed by atoms with Crippen molar-refractivity contribution < 1.29 is 4.39 Å². The summed E-state index contributed by atoms with van der Waals surface area (Å²) in [5.41, 5.74) is 14.2. The molecule has 0 N–H and O–H groups in total. The van der Waals surface area contributed by atoms with E-state index in [4.69, 9.17) is 0 Å². The van der Waals surface area contributed by atoms with Crippen LogP contribution in [0, 0.1) is 5.82 Å². The van der Waals surface area contributed by atoms with E-state index in [1.54, 1.807) is 12.1 Å². The van der Waals surface area contributed by atoms with Gasteiger partial charge in [-0.1, -0.05) is 131 Å². The van der Waals surface area contributed by atoms with Gasteiger partial charge >= 0.3 is 0 Å². The van der Waals surface area contributed by atoms with Gasteiger partial charge in [0, 0.05) is 27.8 Å². The monoisotopic (exact) mass is 742 g/mol. The Hall–Kier alpha value is -6.19. The highest BCUT2D eigenvalue weighted by Crippen LogP contribution is 2.49. The number of rotatable bonds is 6. The quantitative estimate of drug-likeness (QED) is 0.165. The molecular weight excluding hydrogens is 696 g/mol. The lowest BCUT2D eigenvalue weighted by molar-refractivity contribution is 0.332. The van der Waals surface area contributed by atoms with E-state index < -0.39 is 0 Å². The van der Waals surface area contributed by atoms with E-state index in [9.17, 15) is 0 Å². The van der Waals surface area contributed by atoms with Gasteiger partial charge < -0.3 is 9.47 Å². The van der Waals surface area contributed by atoms with Gasteiger partial charge in [-0.15, -0.1) is 0 Å². The maximum atomic E-state index is 15.3. The molecule has 0 fully saturated rings. The molecule has 0 saturated heterocycles. The molecule has 2 aliphatic rings. The fourth-order valence-corrected chi connectivity index (χ4v) is 9.57. The summed E-state index contributed by atoms with van der Waals surface area (Å²) in [6, 6.07) is 51.9. The van der Waals surface area contributed by atoms with E-state index >= 15 is 4.39 Å². The van der Waals surface area contributed by atoms with Gasteiger partial charge in [-0.25, -0.2) is 4.39 Å². The molecule has 57 heavy (non-hydrogen) atoms. The number of hydrogen-bond acceptors (Lipinski definition) is 1. The Kier molecular flexibility index (Phi) is 8.34. The first-order chi connectivity index (χ1) is 27.7. The maximum absolute atomic E-state index is 15.3. The van der Waals surface area contributed by atoms with Gasteiger partial charge in [0.05, 0.1) is 16.7 Å². The molecule has 0 radical (unpaired) electrons. The Morgan fingerprint density at radius 2 is 1.35 bits per heavy atom. The minimum atomic E-state index is -0.234. The first-order valence-electron chi connectivity index (χ1n) is 20.4. The first kappa shape index (κ1) is 35.2. The summed E-state index contributed by atoms with van der Waals surface area (Å²) in [5.74, 6) is -0.234. The van der Waals surface area contributed by atoms with Crippen LogP contribution in [0.5, 0.6) is 0 Å². The number of halogens is 1. The molecule has 280 valence electrons. The molecule has 0 amide bonds. The number of hydrogen-bond donors (Lipinski definition) is 0. The Balaban J connectivity index is 1.24. The predicted molar refractivity (Wildman–Crippen MR) is 240 cm³/mol. The number of allylic oxidation sites excluding steroid dienone is 4. The molecule has 0 unspecified atom stereocenters. The zero-order chi connectivity index (χ0) is 38.9. The van der Waals surface area contributed by atoms with Gasteiger partial charge in [-0.3, -0.25) is 0 Å². The zero-order valence-electron chi connectivity index (χ0n) is 33.2. The SMILES string of the molecule is CC1(C)CCC(C)(C)c2cc(-n3c4ccc(F)cc4c4cccc(N(c5ccc(C6=CC=CCC6)cc5)c5cccc(-c6cccc7ccccc67)c5)c43)ccc21. The third kappa shape index (κ3) is 6.00. The molecule has 3 heteroatoms. The molecule has 0 spiro atoms. The molecule has 0 atom stereocenters. The second kappa shape index (κ2) is 13.5. The van der Waals surface area contributed by atoms with Gasteiger partial charge in [-0.05, 0) is 141 Å². The molecule has 1 aromatic heterocycles. The summed E-state index contributed by atoms with van der Waals surface area (Å²) in [6.07, 6.45) is 11.0. The molecule has 2 aliphatic carbocycles. The lowest BCUT2D eigenvalue weighted by atomic mass is 9.63. The van der Waals surface area contributed by atoms with E-state index in [1.165, 1.54) is 38.6 Å². The van der Waals surface area contributed by atoms with E-state index in [-0.39, 0.29) is 16.6 Å². The summed E-state index contributed by atoms with van der Waals surface area (Å²) in [5, 5.41) is 4.37. The van der Waals surface area contributed by atoms with Crippen molar-refractivity contribution in [3.05, 3.63) is 186 Å². The Morgan fingerprint density at radius 1 is 0.596 bits per heavy atom. The lowest BCUT2D eigenvalue weighted by Gasteiger charge is -2.42.